The van der Waals surface area contributed by atoms with Crippen LogP contribution in [0.1, 0.15) is 24.9 Å². The third kappa shape index (κ3) is 4.20. The molecule has 2 aliphatic rings. The van der Waals surface area contributed by atoms with E-state index in [1.54, 1.807) is 16.2 Å². The Morgan fingerprint density at radius 3 is 2.75 bits per heavy atom. The van der Waals surface area contributed by atoms with Crippen LogP contribution in [0.25, 0.3) is 10.2 Å². The van der Waals surface area contributed by atoms with Gasteiger partial charge < -0.3 is 19.9 Å². The first kappa shape index (κ1) is 20.9. The van der Waals surface area contributed by atoms with Crippen LogP contribution in [0, 0.1) is 5.92 Å². The van der Waals surface area contributed by atoms with Gasteiger partial charge in [0.1, 0.15) is 0 Å². The van der Waals surface area contributed by atoms with Crippen molar-refractivity contribution in [2.45, 2.75) is 19.4 Å². The summed E-state index contributed by atoms with van der Waals surface area (Å²) in [5.74, 6) is -0.442. The van der Waals surface area contributed by atoms with Gasteiger partial charge in [-0.3, -0.25) is 9.59 Å². The Morgan fingerprint density at radius 1 is 1.19 bits per heavy atom. The summed E-state index contributed by atoms with van der Waals surface area (Å²) in [7, 11) is 0. The van der Waals surface area contributed by atoms with E-state index in [0.717, 1.165) is 52.9 Å². The van der Waals surface area contributed by atoms with Crippen molar-refractivity contribution in [2.75, 3.05) is 43.1 Å². The Balaban J connectivity index is 1.26. The fourth-order valence-corrected chi connectivity index (χ4v) is 5.37. The minimum atomic E-state index is -0.352. The Kier molecular flexibility index (Phi) is 5.80. The summed E-state index contributed by atoms with van der Waals surface area (Å²) in [6, 6.07) is 15.7. The number of thiazole rings is 1. The highest BCUT2D eigenvalue weighted by Gasteiger charge is 2.37. The lowest BCUT2D eigenvalue weighted by atomic mass is 10.1. The molecule has 32 heavy (non-hydrogen) atoms. The van der Waals surface area contributed by atoms with Crippen molar-refractivity contribution >= 4 is 44.2 Å². The fourth-order valence-electron chi connectivity index (χ4n) is 4.32. The topological polar surface area (TPSA) is 74.8 Å². The van der Waals surface area contributed by atoms with E-state index < -0.39 is 0 Å². The highest BCUT2D eigenvalue weighted by Crippen LogP contribution is 2.32. The molecule has 1 N–H and O–H groups in total. The molecular weight excluding hydrogens is 424 g/mol. The van der Waals surface area contributed by atoms with Crippen LogP contribution in [-0.2, 0) is 14.3 Å². The molecule has 3 heterocycles. The molecule has 2 unspecified atom stereocenters. The quantitative estimate of drug-likeness (QED) is 0.642. The van der Waals surface area contributed by atoms with E-state index in [1.807, 2.05) is 55.5 Å². The summed E-state index contributed by atoms with van der Waals surface area (Å²) in [5, 5.41) is 4.00. The molecule has 0 bridgehead atoms. The molecule has 2 fully saturated rings. The van der Waals surface area contributed by atoms with Gasteiger partial charge in [-0.15, -0.1) is 0 Å². The summed E-state index contributed by atoms with van der Waals surface area (Å²) in [4.78, 5) is 34.3. The van der Waals surface area contributed by atoms with Crippen LogP contribution < -0.4 is 10.2 Å². The molecule has 0 spiro atoms. The van der Waals surface area contributed by atoms with Gasteiger partial charge in [-0.25, -0.2) is 4.98 Å². The number of carbonyl (C=O) groups excluding carboxylic acids is 2. The predicted octanol–water partition coefficient (Wildman–Crippen LogP) is 3.68. The van der Waals surface area contributed by atoms with Crippen molar-refractivity contribution in [1.29, 1.82) is 0 Å². The highest BCUT2D eigenvalue weighted by molar-refractivity contribution is 7.22. The largest absolute Gasteiger partial charge is 0.378 e. The number of morpholine rings is 1. The second-order valence-corrected chi connectivity index (χ2v) is 9.31. The monoisotopic (exact) mass is 450 g/mol. The molecule has 2 amide bonds. The SMILES string of the molecule is CC(c1ccccc1)N1CC(C(=O)Nc2ccc3nc(N4CCOCC4)sc3c2)CC1=O. The molecule has 0 aliphatic carbocycles. The first-order valence-electron chi connectivity index (χ1n) is 11.0. The summed E-state index contributed by atoms with van der Waals surface area (Å²) < 4.78 is 6.46. The van der Waals surface area contributed by atoms with E-state index in [1.165, 1.54) is 0 Å². The zero-order valence-electron chi connectivity index (χ0n) is 18.0. The van der Waals surface area contributed by atoms with Gasteiger partial charge in [-0.2, -0.15) is 0 Å². The number of ether oxygens (including phenoxy) is 1. The summed E-state index contributed by atoms with van der Waals surface area (Å²) in [6.07, 6.45) is 0.243. The van der Waals surface area contributed by atoms with Gasteiger partial charge in [0.05, 0.1) is 35.4 Å². The van der Waals surface area contributed by atoms with Crippen molar-refractivity contribution < 1.29 is 14.3 Å². The standard InChI is InChI=1S/C24H26N4O3S/c1-16(17-5-3-2-4-6-17)28-15-18(13-22(28)29)23(30)25-19-7-8-20-21(14-19)32-24(26-20)27-9-11-31-12-10-27/h2-8,14,16,18H,9-13,15H2,1H3,(H,25,30). The fraction of sp³-hybridized carbons (Fsp3) is 0.375. The molecule has 8 heteroatoms. The second kappa shape index (κ2) is 8.88. The molecule has 2 aromatic carbocycles. The minimum Gasteiger partial charge on any atom is -0.378 e. The summed E-state index contributed by atoms with van der Waals surface area (Å²) >= 11 is 1.63. The van der Waals surface area contributed by atoms with Crippen molar-refractivity contribution in [3.8, 4) is 0 Å². The molecule has 0 saturated carbocycles. The zero-order valence-corrected chi connectivity index (χ0v) is 18.8. The number of fused-ring (bicyclic) bond motifs is 1. The van der Waals surface area contributed by atoms with Crippen LogP contribution in [0.4, 0.5) is 10.8 Å². The van der Waals surface area contributed by atoms with Crippen LogP contribution in [-0.4, -0.2) is 54.5 Å². The first-order chi connectivity index (χ1) is 15.6. The molecule has 166 valence electrons. The van der Waals surface area contributed by atoms with Gasteiger partial charge in [-0.1, -0.05) is 41.7 Å². The number of anilines is 2. The van der Waals surface area contributed by atoms with Gasteiger partial charge in [0.15, 0.2) is 5.13 Å². The Hall–Kier alpha value is -2.97. The number of benzene rings is 2. The maximum Gasteiger partial charge on any atom is 0.229 e. The lowest BCUT2D eigenvalue weighted by molar-refractivity contribution is -0.129. The van der Waals surface area contributed by atoms with Crippen molar-refractivity contribution in [2.24, 2.45) is 5.92 Å². The maximum absolute atomic E-state index is 12.9. The second-order valence-electron chi connectivity index (χ2n) is 8.30. The number of aromatic nitrogens is 1. The molecule has 5 rings (SSSR count). The number of likely N-dealkylation sites (tertiary alicyclic amines) is 1. The van der Waals surface area contributed by atoms with Crippen LogP contribution in [0.15, 0.2) is 48.5 Å². The minimum absolute atomic E-state index is 0.0227. The van der Waals surface area contributed by atoms with Gasteiger partial charge in [0, 0.05) is 31.7 Å². The molecule has 2 saturated heterocycles. The number of rotatable bonds is 5. The molecular formula is C24H26N4O3S. The molecule has 2 atom stereocenters. The lowest BCUT2D eigenvalue weighted by Gasteiger charge is -2.25. The van der Waals surface area contributed by atoms with E-state index in [4.69, 9.17) is 9.72 Å². The van der Waals surface area contributed by atoms with Crippen molar-refractivity contribution in [3.05, 3.63) is 54.1 Å². The van der Waals surface area contributed by atoms with E-state index in [2.05, 4.69) is 10.2 Å². The van der Waals surface area contributed by atoms with E-state index >= 15 is 0 Å². The number of amides is 2. The van der Waals surface area contributed by atoms with Crippen LogP contribution in [0.2, 0.25) is 0 Å². The van der Waals surface area contributed by atoms with Crippen LogP contribution >= 0.6 is 11.3 Å². The normalized spacial score (nSPS) is 20.0. The van der Waals surface area contributed by atoms with Crippen LogP contribution in [0.5, 0.6) is 0 Å². The van der Waals surface area contributed by atoms with Crippen LogP contribution in [0.3, 0.4) is 0 Å². The molecule has 1 aromatic heterocycles. The molecule has 0 radical (unpaired) electrons. The summed E-state index contributed by atoms with van der Waals surface area (Å²) in [6.45, 7) is 5.57. The maximum atomic E-state index is 12.9. The number of hydrogen-bond donors (Lipinski definition) is 1. The third-order valence-corrected chi connectivity index (χ3v) is 7.28. The molecule has 7 nitrogen and oxygen atoms in total. The average molecular weight is 451 g/mol. The zero-order chi connectivity index (χ0) is 22.1. The Labute approximate surface area is 191 Å². The van der Waals surface area contributed by atoms with Crippen molar-refractivity contribution in [3.63, 3.8) is 0 Å². The number of nitrogens with one attached hydrogen (secondary N) is 1. The average Bonchev–Trinajstić information content (AvgIpc) is 3.43. The first-order valence-corrected chi connectivity index (χ1v) is 11.8. The number of hydrogen-bond acceptors (Lipinski definition) is 6. The van der Waals surface area contributed by atoms with Crippen molar-refractivity contribution in [1.82, 2.24) is 9.88 Å². The molecule has 3 aromatic rings. The van der Waals surface area contributed by atoms with E-state index in [0.29, 0.717) is 6.54 Å². The number of nitrogens with zero attached hydrogens (tertiary/aromatic N) is 3. The summed E-state index contributed by atoms with van der Waals surface area (Å²) in [5.41, 5.74) is 2.74. The number of carbonyl (C=O) groups is 2. The van der Waals surface area contributed by atoms with E-state index in [9.17, 15) is 9.59 Å². The highest BCUT2D eigenvalue weighted by atomic mass is 32.1. The smallest absolute Gasteiger partial charge is 0.229 e. The molecule has 2 aliphatic heterocycles. The van der Waals surface area contributed by atoms with Gasteiger partial charge in [0.25, 0.3) is 0 Å². The van der Waals surface area contributed by atoms with E-state index in [-0.39, 0.29) is 30.2 Å². The van der Waals surface area contributed by atoms with Gasteiger partial charge in [-0.05, 0) is 30.7 Å². The van der Waals surface area contributed by atoms with Gasteiger partial charge >= 0.3 is 0 Å². The predicted molar refractivity (Wildman–Crippen MR) is 126 cm³/mol. The Morgan fingerprint density at radius 2 is 1.97 bits per heavy atom. The third-order valence-electron chi connectivity index (χ3n) is 6.21. The lowest BCUT2D eigenvalue weighted by Crippen LogP contribution is -2.36. The Bertz CT molecular complexity index is 1130. The van der Waals surface area contributed by atoms with Gasteiger partial charge in [0.2, 0.25) is 11.8 Å².